The lowest BCUT2D eigenvalue weighted by Crippen LogP contribution is -2.46. The van der Waals surface area contributed by atoms with Gasteiger partial charge in [0.05, 0.1) is 11.4 Å². The Morgan fingerprint density at radius 1 is 1.44 bits per heavy atom. The van der Waals surface area contributed by atoms with Gasteiger partial charge in [0.1, 0.15) is 0 Å². The van der Waals surface area contributed by atoms with Crippen LogP contribution in [0.3, 0.4) is 0 Å². The number of nitrogens with one attached hydrogen (secondary N) is 1. The van der Waals surface area contributed by atoms with Crippen LogP contribution in [0.25, 0.3) is 0 Å². The molecule has 0 atom stereocenters. The third-order valence-electron chi connectivity index (χ3n) is 3.11. The van der Waals surface area contributed by atoms with E-state index in [1.165, 1.54) is 12.1 Å². The van der Waals surface area contributed by atoms with Gasteiger partial charge in [0.2, 0.25) is 0 Å². The molecule has 16 heavy (non-hydrogen) atoms. The first kappa shape index (κ1) is 11.4. The molecule has 0 amide bonds. The smallest absolute Gasteiger partial charge is 0.0605 e. The quantitative estimate of drug-likeness (QED) is 0.782. The van der Waals surface area contributed by atoms with Gasteiger partial charge in [-0.3, -0.25) is 4.98 Å². The summed E-state index contributed by atoms with van der Waals surface area (Å²) in [6, 6.07) is 4.19. The van der Waals surface area contributed by atoms with E-state index in [2.05, 4.69) is 42.0 Å². The van der Waals surface area contributed by atoms with Crippen molar-refractivity contribution in [3.8, 4) is 0 Å². The van der Waals surface area contributed by atoms with Crippen molar-refractivity contribution in [3.05, 3.63) is 24.0 Å². The molecule has 2 heterocycles. The summed E-state index contributed by atoms with van der Waals surface area (Å²) in [6.07, 6.45) is 3.05. The van der Waals surface area contributed by atoms with Gasteiger partial charge in [-0.15, -0.1) is 0 Å². The molecule has 0 saturated carbocycles. The molecule has 1 aliphatic heterocycles. The molecule has 0 aromatic carbocycles. The Bertz CT molecular complexity index is 360. The van der Waals surface area contributed by atoms with E-state index in [1.54, 1.807) is 0 Å². The van der Waals surface area contributed by atoms with E-state index in [-0.39, 0.29) is 5.54 Å². The maximum absolute atomic E-state index is 4.37. The fourth-order valence-corrected chi connectivity index (χ4v) is 2.32. The number of aryl methyl sites for hydroxylation is 1. The average molecular weight is 219 g/mol. The highest BCUT2D eigenvalue weighted by Crippen LogP contribution is 2.21. The predicted molar refractivity (Wildman–Crippen MR) is 67.9 cm³/mol. The third kappa shape index (κ3) is 2.53. The molecule has 3 heteroatoms. The first-order valence-electron chi connectivity index (χ1n) is 6.00. The second kappa shape index (κ2) is 4.42. The number of hydrogen-bond acceptors (Lipinski definition) is 3. The monoisotopic (exact) mass is 219 g/mol. The van der Waals surface area contributed by atoms with Crippen molar-refractivity contribution >= 4 is 5.69 Å². The third-order valence-corrected chi connectivity index (χ3v) is 3.11. The van der Waals surface area contributed by atoms with Gasteiger partial charge in [-0.1, -0.05) is 0 Å². The summed E-state index contributed by atoms with van der Waals surface area (Å²) in [5.41, 5.74) is 2.58. The largest absolute Gasteiger partial charge is 0.368 e. The van der Waals surface area contributed by atoms with E-state index in [0.717, 1.165) is 25.3 Å². The van der Waals surface area contributed by atoms with Gasteiger partial charge in [0, 0.05) is 24.8 Å². The standard InChI is InChI=1S/C13H21N3/c1-11-12(6-4-7-14-11)16-9-5-8-15-13(2,3)10-16/h4,6-7,15H,5,8-10H2,1-3H3. The molecular formula is C13H21N3. The van der Waals surface area contributed by atoms with Crippen molar-refractivity contribution in [2.75, 3.05) is 24.5 Å². The van der Waals surface area contributed by atoms with Crippen molar-refractivity contribution in [2.24, 2.45) is 0 Å². The van der Waals surface area contributed by atoms with Gasteiger partial charge in [-0.2, -0.15) is 0 Å². The molecule has 0 unspecified atom stereocenters. The first-order chi connectivity index (χ1) is 7.58. The fraction of sp³-hybridized carbons (Fsp3) is 0.615. The maximum atomic E-state index is 4.37. The highest BCUT2D eigenvalue weighted by molar-refractivity contribution is 5.50. The maximum Gasteiger partial charge on any atom is 0.0605 e. The van der Waals surface area contributed by atoms with Crippen molar-refractivity contribution in [1.29, 1.82) is 0 Å². The lowest BCUT2D eigenvalue weighted by Gasteiger charge is -2.32. The van der Waals surface area contributed by atoms with Crippen molar-refractivity contribution in [2.45, 2.75) is 32.7 Å². The minimum atomic E-state index is 0.179. The van der Waals surface area contributed by atoms with Crippen LogP contribution in [0, 0.1) is 6.92 Å². The molecule has 1 N–H and O–H groups in total. The van der Waals surface area contributed by atoms with E-state index < -0.39 is 0 Å². The Morgan fingerprint density at radius 3 is 3.00 bits per heavy atom. The molecule has 1 aliphatic rings. The van der Waals surface area contributed by atoms with E-state index in [4.69, 9.17) is 0 Å². The lowest BCUT2D eigenvalue weighted by atomic mass is 10.1. The summed E-state index contributed by atoms with van der Waals surface area (Å²) in [4.78, 5) is 6.82. The van der Waals surface area contributed by atoms with Gasteiger partial charge in [0.15, 0.2) is 0 Å². The van der Waals surface area contributed by atoms with Gasteiger partial charge in [0.25, 0.3) is 0 Å². The van der Waals surface area contributed by atoms with E-state index >= 15 is 0 Å². The van der Waals surface area contributed by atoms with Crippen molar-refractivity contribution in [3.63, 3.8) is 0 Å². The van der Waals surface area contributed by atoms with Crippen LogP contribution < -0.4 is 10.2 Å². The second-order valence-electron chi connectivity index (χ2n) is 5.19. The van der Waals surface area contributed by atoms with Gasteiger partial charge in [-0.25, -0.2) is 0 Å². The Balaban J connectivity index is 2.23. The first-order valence-corrected chi connectivity index (χ1v) is 6.00. The van der Waals surface area contributed by atoms with Crippen LogP contribution >= 0.6 is 0 Å². The molecule has 0 bridgehead atoms. The Hall–Kier alpha value is -1.09. The van der Waals surface area contributed by atoms with E-state index in [0.29, 0.717) is 0 Å². The number of rotatable bonds is 1. The summed E-state index contributed by atoms with van der Waals surface area (Å²) in [7, 11) is 0. The molecule has 1 fully saturated rings. The van der Waals surface area contributed by atoms with Crippen LogP contribution in [-0.4, -0.2) is 30.2 Å². The van der Waals surface area contributed by atoms with Crippen molar-refractivity contribution < 1.29 is 0 Å². The number of hydrogen-bond donors (Lipinski definition) is 1. The van der Waals surface area contributed by atoms with Crippen LogP contribution in [-0.2, 0) is 0 Å². The molecule has 2 rings (SSSR count). The van der Waals surface area contributed by atoms with E-state index in [9.17, 15) is 0 Å². The minimum absolute atomic E-state index is 0.179. The molecule has 3 nitrogen and oxygen atoms in total. The zero-order chi connectivity index (χ0) is 11.6. The highest BCUT2D eigenvalue weighted by Gasteiger charge is 2.24. The highest BCUT2D eigenvalue weighted by atomic mass is 15.2. The Kier molecular flexibility index (Phi) is 3.15. The van der Waals surface area contributed by atoms with Gasteiger partial charge >= 0.3 is 0 Å². The minimum Gasteiger partial charge on any atom is -0.368 e. The van der Waals surface area contributed by atoms with Crippen LogP contribution in [0.15, 0.2) is 18.3 Å². The average Bonchev–Trinajstić information content (AvgIpc) is 2.40. The molecule has 1 aromatic heterocycles. The molecule has 1 saturated heterocycles. The van der Waals surface area contributed by atoms with E-state index in [1.807, 2.05) is 12.3 Å². The van der Waals surface area contributed by atoms with Gasteiger partial charge in [-0.05, 0) is 45.9 Å². The lowest BCUT2D eigenvalue weighted by molar-refractivity contribution is 0.416. The normalized spacial score (nSPS) is 20.6. The summed E-state index contributed by atoms with van der Waals surface area (Å²) in [5, 5.41) is 3.58. The van der Waals surface area contributed by atoms with Crippen LogP contribution in [0.4, 0.5) is 5.69 Å². The molecule has 88 valence electrons. The van der Waals surface area contributed by atoms with Crippen molar-refractivity contribution in [1.82, 2.24) is 10.3 Å². The Morgan fingerprint density at radius 2 is 2.25 bits per heavy atom. The summed E-state index contributed by atoms with van der Waals surface area (Å²) >= 11 is 0. The summed E-state index contributed by atoms with van der Waals surface area (Å²) < 4.78 is 0. The summed E-state index contributed by atoms with van der Waals surface area (Å²) in [6.45, 7) is 9.86. The Labute approximate surface area is 97.9 Å². The molecule has 0 spiro atoms. The zero-order valence-electron chi connectivity index (χ0n) is 10.5. The molecule has 1 aromatic rings. The predicted octanol–water partition coefficient (Wildman–Crippen LogP) is 1.97. The topological polar surface area (TPSA) is 28.2 Å². The second-order valence-corrected chi connectivity index (χ2v) is 5.19. The fourth-order valence-electron chi connectivity index (χ4n) is 2.32. The van der Waals surface area contributed by atoms with Crippen LogP contribution in [0.1, 0.15) is 26.0 Å². The molecular weight excluding hydrogens is 198 g/mol. The van der Waals surface area contributed by atoms with Crippen LogP contribution in [0.2, 0.25) is 0 Å². The molecule has 0 radical (unpaired) electrons. The zero-order valence-corrected chi connectivity index (χ0v) is 10.5. The number of nitrogens with zero attached hydrogens (tertiary/aromatic N) is 2. The summed E-state index contributed by atoms with van der Waals surface area (Å²) in [5.74, 6) is 0. The number of anilines is 1. The number of pyridine rings is 1. The SMILES string of the molecule is Cc1ncccc1N1CCCNC(C)(C)C1. The van der Waals surface area contributed by atoms with Gasteiger partial charge < -0.3 is 10.2 Å². The number of aromatic nitrogens is 1. The molecule has 0 aliphatic carbocycles. The van der Waals surface area contributed by atoms with Crippen LogP contribution in [0.5, 0.6) is 0 Å².